The molecule has 2 aromatic rings. The van der Waals surface area contributed by atoms with Gasteiger partial charge in [0.05, 0.1) is 17.8 Å². The van der Waals surface area contributed by atoms with Crippen molar-refractivity contribution in [2.24, 2.45) is 0 Å². The van der Waals surface area contributed by atoms with Crippen LogP contribution in [0.15, 0.2) is 47.6 Å². The predicted octanol–water partition coefficient (Wildman–Crippen LogP) is 2.96. The molecule has 1 aromatic carbocycles. The Morgan fingerprint density at radius 1 is 1.29 bits per heavy atom. The number of nitrogens with two attached hydrogens (primary N) is 1. The molecule has 0 atom stereocenters. The van der Waals surface area contributed by atoms with Gasteiger partial charge in [0, 0.05) is 11.9 Å². The first-order valence-electron chi connectivity index (χ1n) is 5.26. The van der Waals surface area contributed by atoms with Crippen LogP contribution < -0.4 is 10.5 Å². The summed E-state index contributed by atoms with van der Waals surface area (Å²) in [7, 11) is 1.62. The summed E-state index contributed by atoms with van der Waals surface area (Å²) in [6, 6.07) is 11.7. The molecule has 1 aromatic heterocycles. The molecule has 0 bridgehead atoms. The monoisotopic (exact) mass is 246 g/mol. The Morgan fingerprint density at radius 3 is 2.82 bits per heavy atom. The van der Waals surface area contributed by atoms with E-state index in [2.05, 4.69) is 4.98 Å². The van der Waals surface area contributed by atoms with Crippen LogP contribution in [0.25, 0.3) is 0 Å². The van der Waals surface area contributed by atoms with E-state index in [9.17, 15) is 0 Å². The second-order valence-corrected chi connectivity index (χ2v) is 4.53. The summed E-state index contributed by atoms with van der Waals surface area (Å²) < 4.78 is 5.12. The van der Waals surface area contributed by atoms with Gasteiger partial charge in [-0.25, -0.2) is 4.98 Å². The Kier molecular flexibility index (Phi) is 3.88. The molecule has 3 nitrogen and oxygen atoms in total. The van der Waals surface area contributed by atoms with Crippen LogP contribution >= 0.6 is 11.8 Å². The lowest BCUT2D eigenvalue weighted by Gasteiger charge is -2.06. The molecule has 2 rings (SSSR count). The number of anilines is 1. The summed E-state index contributed by atoms with van der Waals surface area (Å²) in [5.41, 5.74) is 7.69. The number of ether oxygens (including phenoxy) is 1. The molecule has 0 fully saturated rings. The topological polar surface area (TPSA) is 48.1 Å². The van der Waals surface area contributed by atoms with E-state index in [1.807, 2.05) is 36.4 Å². The highest BCUT2D eigenvalue weighted by Crippen LogP contribution is 2.26. The van der Waals surface area contributed by atoms with E-state index in [4.69, 9.17) is 10.5 Å². The number of nitrogens with zero attached hydrogens (tertiary/aromatic N) is 1. The Bertz CT molecular complexity index is 488. The van der Waals surface area contributed by atoms with E-state index in [0.29, 0.717) is 5.69 Å². The zero-order valence-corrected chi connectivity index (χ0v) is 10.4. The van der Waals surface area contributed by atoms with E-state index in [-0.39, 0.29) is 0 Å². The minimum Gasteiger partial charge on any atom is -0.495 e. The Labute approximate surface area is 105 Å². The number of hydrogen-bond donors (Lipinski definition) is 1. The van der Waals surface area contributed by atoms with Crippen LogP contribution in [0.1, 0.15) is 5.56 Å². The normalized spacial score (nSPS) is 10.2. The number of thioether (sulfide) groups is 1. The van der Waals surface area contributed by atoms with E-state index in [1.165, 1.54) is 5.56 Å². The van der Waals surface area contributed by atoms with Crippen molar-refractivity contribution in [3.05, 3.63) is 48.2 Å². The fourth-order valence-electron chi connectivity index (χ4n) is 1.46. The van der Waals surface area contributed by atoms with E-state index >= 15 is 0 Å². The molecule has 17 heavy (non-hydrogen) atoms. The summed E-state index contributed by atoms with van der Waals surface area (Å²) >= 11 is 1.69. The van der Waals surface area contributed by atoms with Gasteiger partial charge in [-0.05, 0) is 29.8 Å². The number of rotatable bonds is 4. The summed E-state index contributed by atoms with van der Waals surface area (Å²) in [4.78, 5) is 4.26. The second kappa shape index (κ2) is 5.59. The van der Waals surface area contributed by atoms with Gasteiger partial charge in [-0.1, -0.05) is 12.1 Å². The maximum absolute atomic E-state index is 5.85. The van der Waals surface area contributed by atoms with Crippen molar-refractivity contribution < 1.29 is 4.74 Å². The van der Waals surface area contributed by atoms with E-state index in [1.54, 1.807) is 25.1 Å². The zero-order valence-electron chi connectivity index (χ0n) is 9.59. The Hall–Kier alpha value is -1.68. The third-order valence-corrected chi connectivity index (χ3v) is 3.33. The second-order valence-electron chi connectivity index (χ2n) is 3.53. The molecular formula is C13H14N2OS. The molecule has 0 unspecified atom stereocenters. The van der Waals surface area contributed by atoms with Crippen LogP contribution in [0.2, 0.25) is 0 Å². The van der Waals surface area contributed by atoms with Gasteiger partial charge in [0.15, 0.2) is 0 Å². The van der Waals surface area contributed by atoms with Crippen molar-refractivity contribution in [1.82, 2.24) is 4.98 Å². The molecule has 88 valence electrons. The molecule has 0 saturated heterocycles. The maximum atomic E-state index is 5.85. The quantitative estimate of drug-likeness (QED) is 0.665. The molecule has 0 radical (unpaired) electrons. The molecule has 0 spiro atoms. The van der Waals surface area contributed by atoms with Crippen molar-refractivity contribution in [2.75, 3.05) is 12.8 Å². The van der Waals surface area contributed by atoms with Gasteiger partial charge in [-0.15, -0.1) is 11.8 Å². The summed E-state index contributed by atoms with van der Waals surface area (Å²) in [5.74, 6) is 1.57. The van der Waals surface area contributed by atoms with E-state index < -0.39 is 0 Å². The molecule has 2 N–H and O–H groups in total. The van der Waals surface area contributed by atoms with Gasteiger partial charge in [0.1, 0.15) is 5.75 Å². The molecule has 0 amide bonds. The number of hydrogen-bond acceptors (Lipinski definition) is 4. The van der Waals surface area contributed by atoms with Crippen molar-refractivity contribution in [3.8, 4) is 5.75 Å². The maximum Gasteiger partial charge on any atom is 0.141 e. The minimum atomic E-state index is 0.673. The average Bonchev–Trinajstić information content (AvgIpc) is 2.38. The van der Waals surface area contributed by atoms with Crippen LogP contribution in [-0.2, 0) is 5.75 Å². The molecule has 0 saturated carbocycles. The van der Waals surface area contributed by atoms with Gasteiger partial charge in [0.2, 0.25) is 0 Å². The minimum absolute atomic E-state index is 0.673. The van der Waals surface area contributed by atoms with Gasteiger partial charge < -0.3 is 10.5 Å². The van der Waals surface area contributed by atoms with Crippen molar-refractivity contribution >= 4 is 17.4 Å². The zero-order chi connectivity index (χ0) is 12.1. The third-order valence-electron chi connectivity index (χ3n) is 2.32. The summed E-state index contributed by atoms with van der Waals surface area (Å²) in [6.07, 6.45) is 1.80. The summed E-state index contributed by atoms with van der Waals surface area (Å²) in [5, 5.41) is 1.02. The number of aromatic nitrogens is 1. The predicted molar refractivity (Wildman–Crippen MR) is 71.2 cm³/mol. The fourth-order valence-corrected chi connectivity index (χ4v) is 2.27. The van der Waals surface area contributed by atoms with Gasteiger partial charge in [-0.3, -0.25) is 0 Å². The largest absolute Gasteiger partial charge is 0.495 e. The van der Waals surface area contributed by atoms with Crippen LogP contribution in [0.5, 0.6) is 5.75 Å². The van der Waals surface area contributed by atoms with Crippen molar-refractivity contribution in [3.63, 3.8) is 0 Å². The van der Waals surface area contributed by atoms with Crippen LogP contribution in [-0.4, -0.2) is 12.1 Å². The highest BCUT2D eigenvalue weighted by Gasteiger charge is 2.01. The Morgan fingerprint density at radius 2 is 2.18 bits per heavy atom. The molecule has 0 aliphatic carbocycles. The number of nitrogen functional groups attached to an aromatic ring is 1. The Balaban J connectivity index is 2.02. The lowest BCUT2D eigenvalue weighted by molar-refractivity contribution is 0.417. The molecule has 0 aliphatic heterocycles. The summed E-state index contributed by atoms with van der Waals surface area (Å²) in [6.45, 7) is 0. The van der Waals surface area contributed by atoms with Gasteiger partial charge in [0.25, 0.3) is 0 Å². The lowest BCUT2D eigenvalue weighted by Crippen LogP contribution is -1.93. The number of methoxy groups -OCH3 is 1. The van der Waals surface area contributed by atoms with Gasteiger partial charge in [-0.2, -0.15) is 0 Å². The molecule has 0 aliphatic rings. The lowest BCUT2D eigenvalue weighted by atomic mass is 10.2. The van der Waals surface area contributed by atoms with Crippen molar-refractivity contribution in [2.45, 2.75) is 10.8 Å². The molecular weight excluding hydrogens is 232 g/mol. The average molecular weight is 246 g/mol. The third kappa shape index (κ3) is 3.14. The number of pyridine rings is 1. The van der Waals surface area contributed by atoms with Gasteiger partial charge >= 0.3 is 0 Å². The highest BCUT2D eigenvalue weighted by molar-refractivity contribution is 7.98. The van der Waals surface area contributed by atoms with Crippen molar-refractivity contribution in [1.29, 1.82) is 0 Å². The number of benzene rings is 1. The van der Waals surface area contributed by atoms with E-state index in [0.717, 1.165) is 16.5 Å². The first-order chi connectivity index (χ1) is 8.29. The molecule has 4 heteroatoms. The molecule has 1 heterocycles. The fraction of sp³-hybridized carbons (Fsp3) is 0.154. The van der Waals surface area contributed by atoms with Crippen LogP contribution in [0.3, 0.4) is 0 Å². The first kappa shape index (κ1) is 11.8. The van der Waals surface area contributed by atoms with Crippen LogP contribution in [0.4, 0.5) is 5.69 Å². The highest BCUT2D eigenvalue weighted by atomic mass is 32.2. The standard InChI is InChI=1S/C13H14N2OS/c1-16-12-6-5-10(8-11(12)14)9-17-13-4-2-3-7-15-13/h2-8H,9,14H2,1H3. The van der Waals surface area contributed by atoms with Crippen LogP contribution in [0, 0.1) is 0 Å². The SMILES string of the molecule is COc1ccc(CSc2ccccn2)cc1N. The smallest absolute Gasteiger partial charge is 0.141 e. The first-order valence-corrected chi connectivity index (χ1v) is 6.24.